The Bertz CT molecular complexity index is 712. The molecule has 1 heterocycles. The van der Waals surface area contributed by atoms with Crippen LogP contribution in [0.1, 0.15) is 15.9 Å². The van der Waals surface area contributed by atoms with Crippen LogP contribution in [0.2, 0.25) is 0 Å². The molecule has 1 aliphatic rings. The molecule has 3 nitrogen and oxygen atoms in total. The van der Waals surface area contributed by atoms with Gasteiger partial charge >= 0.3 is 0 Å². The van der Waals surface area contributed by atoms with E-state index >= 15 is 0 Å². The lowest BCUT2D eigenvalue weighted by atomic mass is 10.1. The largest absolute Gasteiger partial charge is 0.308 e. The van der Waals surface area contributed by atoms with Crippen molar-refractivity contribution in [1.29, 1.82) is 0 Å². The number of benzene rings is 2. The van der Waals surface area contributed by atoms with Crippen molar-refractivity contribution in [2.45, 2.75) is 16.7 Å². The number of carbonyl (C=O) groups excluding carboxylic acids is 1. The lowest BCUT2D eigenvalue weighted by molar-refractivity contribution is 0.0982. The fourth-order valence-corrected chi connectivity index (χ4v) is 3.62. The fourth-order valence-electron chi connectivity index (χ4n) is 2.56. The van der Waals surface area contributed by atoms with Crippen LogP contribution in [0, 0.1) is 6.92 Å². The van der Waals surface area contributed by atoms with Gasteiger partial charge in [0.05, 0.1) is 11.3 Å². The van der Waals surface area contributed by atoms with Crippen molar-refractivity contribution in [3.63, 3.8) is 0 Å². The summed E-state index contributed by atoms with van der Waals surface area (Å²) >= 11 is 1.68. The fraction of sp³-hybridized carbons (Fsp3) is 0.278. The minimum Gasteiger partial charge on any atom is -0.308 e. The van der Waals surface area contributed by atoms with Crippen LogP contribution < -0.4 is 4.90 Å². The highest BCUT2D eigenvalue weighted by Gasteiger charge is 2.26. The first-order chi connectivity index (χ1) is 10.6. The van der Waals surface area contributed by atoms with Crippen molar-refractivity contribution >= 4 is 23.4 Å². The van der Waals surface area contributed by atoms with Crippen LogP contribution >= 0.6 is 11.8 Å². The molecule has 0 N–H and O–H groups in total. The number of carbonyl (C=O) groups is 1. The lowest BCUT2D eigenvalue weighted by Crippen LogP contribution is -2.36. The second-order valence-corrected chi connectivity index (χ2v) is 6.91. The molecule has 0 bridgehead atoms. The van der Waals surface area contributed by atoms with Gasteiger partial charge in [0.1, 0.15) is 0 Å². The van der Waals surface area contributed by atoms with Crippen LogP contribution in [0.25, 0.3) is 0 Å². The highest BCUT2D eigenvalue weighted by atomic mass is 32.2. The number of para-hydroxylation sites is 1. The van der Waals surface area contributed by atoms with Gasteiger partial charge in [0.2, 0.25) is 0 Å². The molecular weight excluding hydrogens is 292 g/mol. The van der Waals surface area contributed by atoms with Crippen molar-refractivity contribution in [2.24, 2.45) is 0 Å². The number of amides is 1. The molecule has 22 heavy (non-hydrogen) atoms. The van der Waals surface area contributed by atoms with Crippen LogP contribution in [0.4, 0.5) is 5.69 Å². The smallest absolute Gasteiger partial charge is 0.259 e. The van der Waals surface area contributed by atoms with Gasteiger partial charge in [-0.3, -0.25) is 4.79 Å². The molecule has 0 aliphatic carbocycles. The number of aryl methyl sites for hydroxylation is 1. The highest BCUT2D eigenvalue weighted by Crippen LogP contribution is 2.41. The Balaban J connectivity index is 2.09. The van der Waals surface area contributed by atoms with Gasteiger partial charge in [-0.2, -0.15) is 0 Å². The van der Waals surface area contributed by atoms with Crippen molar-refractivity contribution in [2.75, 3.05) is 32.1 Å². The van der Waals surface area contributed by atoms with E-state index in [0.717, 1.165) is 33.2 Å². The topological polar surface area (TPSA) is 23.6 Å². The Hall–Kier alpha value is -1.78. The summed E-state index contributed by atoms with van der Waals surface area (Å²) < 4.78 is 0. The van der Waals surface area contributed by atoms with Crippen LogP contribution in [0.5, 0.6) is 0 Å². The van der Waals surface area contributed by atoms with Gasteiger partial charge in [0.15, 0.2) is 0 Å². The third-order valence-corrected chi connectivity index (χ3v) is 4.90. The van der Waals surface area contributed by atoms with Gasteiger partial charge in [-0.05, 0) is 45.3 Å². The summed E-state index contributed by atoms with van der Waals surface area (Å²) in [6.45, 7) is 3.56. The summed E-state index contributed by atoms with van der Waals surface area (Å²) in [5, 5.41) is 0. The number of likely N-dealkylation sites (N-methyl/N-ethyl adjacent to an activating group) is 1. The van der Waals surface area contributed by atoms with E-state index in [9.17, 15) is 4.79 Å². The molecule has 0 radical (unpaired) electrons. The Morgan fingerprint density at radius 3 is 2.64 bits per heavy atom. The summed E-state index contributed by atoms with van der Waals surface area (Å²) in [5.74, 6) is 0.0954. The van der Waals surface area contributed by atoms with Crippen LogP contribution in [0.15, 0.2) is 52.3 Å². The molecule has 0 atom stereocenters. The Labute approximate surface area is 135 Å². The van der Waals surface area contributed by atoms with Gasteiger partial charge < -0.3 is 9.80 Å². The molecule has 2 aromatic rings. The molecule has 4 heteroatoms. The summed E-state index contributed by atoms with van der Waals surface area (Å²) in [6.07, 6.45) is 0. The average molecular weight is 312 g/mol. The van der Waals surface area contributed by atoms with E-state index in [1.165, 1.54) is 0 Å². The standard InChI is InChI=1S/C18H20N2OS/c1-13-8-9-16-14(12-13)18(21)20(11-10-19(2)3)15-6-4-5-7-17(15)22-16/h4-9,12H,10-11H2,1-3H3. The minimum absolute atomic E-state index is 0.0954. The molecular formula is C18H20N2OS. The highest BCUT2D eigenvalue weighted by molar-refractivity contribution is 7.99. The van der Waals surface area contributed by atoms with Crippen molar-refractivity contribution in [3.05, 3.63) is 53.6 Å². The minimum atomic E-state index is 0.0954. The van der Waals surface area contributed by atoms with E-state index in [2.05, 4.69) is 23.1 Å². The van der Waals surface area contributed by atoms with E-state index in [1.807, 2.05) is 50.2 Å². The van der Waals surface area contributed by atoms with E-state index in [0.29, 0.717) is 6.54 Å². The molecule has 0 saturated heterocycles. The third kappa shape index (κ3) is 2.89. The summed E-state index contributed by atoms with van der Waals surface area (Å²) in [4.78, 5) is 19.2. The monoisotopic (exact) mass is 312 g/mol. The summed E-state index contributed by atoms with van der Waals surface area (Å²) in [7, 11) is 4.06. The zero-order valence-corrected chi connectivity index (χ0v) is 14.0. The van der Waals surface area contributed by atoms with Crippen molar-refractivity contribution in [1.82, 2.24) is 4.90 Å². The summed E-state index contributed by atoms with van der Waals surface area (Å²) in [6, 6.07) is 14.3. The molecule has 0 unspecified atom stereocenters. The second kappa shape index (κ2) is 6.15. The zero-order valence-electron chi connectivity index (χ0n) is 13.2. The number of fused-ring (bicyclic) bond motifs is 2. The number of hydrogen-bond donors (Lipinski definition) is 0. The van der Waals surface area contributed by atoms with E-state index < -0.39 is 0 Å². The predicted molar refractivity (Wildman–Crippen MR) is 92.0 cm³/mol. The maximum absolute atomic E-state index is 13.1. The maximum Gasteiger partial charge on any atom is 0.259 e. The lowest BCUT2D eigenvalue weighted by Gasteiger charge is -2.24. The second-order valence-electron chi connectivity index (χ2n) is 5.83. The molecule has 114 valence electrons. The number of anilines is 1. The Morgan fingerprint density at radius 1 is 1.09 bits per heavy atom. The molecule has 2 aromatic carbocycles. The molecule has 0 fully saturated rings. The van der Waals surface area contributed by atoms with Crippen molar-refractivity contribution in [3.8, 4) is 0 Å². The first-order valence-corrected chi connectivity index (χ1v) is 8.22. The third-order valence-electron chi connectivity index (χ3n) is 3.76. The van der Waals surface area contributed by atoms with Crippen molar-refractivity contribution < 1.29 is 4.79 Å². The Kier molecular flexibility index (Phi) is 4.23. The van der Waals surface area contributed by atoms with Gasteiger partial charge in [0, 0.05) is 22.9 Å². The zero-order chi connectivity index (χ0) is 15.7. The molecule has 1 aliphatic heterocycles. The van der Waals surface area contributed by atoms with Gasteiger partial charge in [-0.15, -0.1) is 0 Å². The maximum atomic E-state index is 13.1. The summed E-state index contributed by atoms with van der Waals surface area (Å²) in [5.41, 5.74) is 2.93. The molecule has 0 aromatic heterocycles. The molecule has 1 amide bonds. The Morgan fingerprint density at radius 2 is 1.86 bits per heavy atom. The predicted octanol–water partition coefficient (Wildman–Crippen LogP) is 3.67. The van der Waals surface area contributed by atoms with Gasteiger partial charge in [-0.1, -0.05) is 35.5 Å². The SMILES string of the molecule is Cc1ccc2c(c1)C(=O)N(CCN(C)C)c1ccccc1S2. The normalized spacial score (nSPS) is 13.8. The van der Waals surface area contributed by atoms with Gasteiger partial charge in [0.25, 0.3) is 5.91 Å². The first-order valence-electron chi connectivity index (χ1n) is 7.40. The average Bonchev–Trinajstić information content (AvgIpc) is 2.60. The van der Waals surface area contributed by atoms with E-state index in [-0.39, 0.29) is 5.91 Å². The number of nitrogens with zero attached hydrogens (tertiary/aromatic N) is 2. The first kappa shape index (κ1) is 15.1. The van der Waals surface area contributed by atoms with Crippen LogP contribution in [-0.2, 0) is 0 Å². The number of hydrogen-bond acceptors (Lipinski definition) is 3. The molecule has 0 saturated carbocycles. The molecule has 0 spiro atoms. The quantitative estimate of drug-likeness (QED) is 0.864. The van der Waals surface area contributed by atoms with Crippen LogP contribution in [-0.4, -0.2) is 38.0 Å². The van der Waals surface area contributed by atoms with E-state index in [4.69, 9.17) is 0 Å². The van der Waals surface area contributed by atoms with E-state index in [1.54, 1.807) is 11.8 Å². The van der Waals surface area contributed by atoms with Crippen LogP contribution in [0.3, 0.4) is 0 Å². The van der Waals surface area contributed by atoms with Gasteiger partial charge in [-0.25, -0.2) is 0 Å². The number of rotatable bonds is 3. The molecule has 3 rings (SSSR count).